The van der Waals surface area contributed by atoms with Crippen molar-refractivity contribution in [2.45, 2.75) is 52.1 Å². The SMILES string of the molecule is Cc1cccc(C(=O)N(CC2CCCCN2)C(C)C)c1Br. The van der Waals surface area contributed by atoms with Crippen molar-refractivity contribution in [2.24, 2.45) is 0 Å². The standard InChI is InChI=1S/C17H25BrN2O/c1-12(2)20(11-14-8-4-5-10-19-14)17(21)15-9-6-7-13(3)16(15)18/h6-7,9,12,14,19H,4-5,8,10-11H2,1-3H3. The summed E-state index contributed by atoms with van der Waals surface area (Å²) < 4.78 is 0.914. The molecule has 1 amide bonds. The molecule has 0 aromatic heterocycles. The predicted octanol–water partition coefficient (Wildman–Crippen LogP) is 3.75. The van der Waals surface area contributed by atoms with Gasteiger partial charge in [-0.25, -0.2) is 0 Å². The van der Waals surface area contributed by atoms with Crippen LogP contribution in [0.25, 0.3) is 0 Å². The highest BCUT2D eigenvalue weighted by Crippen LogP contribution is 2.23. The molecule has 0 aliphatic carbocycles. The van der Waals surface area contributed by atoms with Crippen LogP contribution in [0.5, 0.6) is 0 Å². The van der Waals surface area contributed by atoms with Crippen LogP contribution >= 0.6 is 15.9 Å². The number of nitrogens with zero attached hydrogens (tertiary/aromatic N) is 1. The summed E-state index contributed by atoms with van der Waals surface area (Å²) in [6.07, 6.45) is 3.66. The van der Waals surface area contributed by atoms with Crippen molar-refractivity contribution in [3.63, 3.8) is 0 Å². The number of benzene rings is 1. The fourth-order valence-electron chi connectivity index (χ4n) is 2.81. The molecule has 1 fully saturated rings. The number of piperidine rings is 1. The van der Waals surface area contributed by atoms with E-state index in [1.807, 2.05) is 30.0 Å². The Morgan fingerprint density at radius 1 is 1.43 bits per heavy atom. The van der Waals surface area contributed by atoms with Gasteiger partial charge >= 0.3 is 0 Å². The summed E-state index contributed by atoms with van der Waals surface area (Å²) in [7, 11) is 0. The van der Waals surface area contributed by atoms with Crippen LogP contribution in [0.15, 0.2) is 22.7 Å². The topological polar surface area (TPSA) is 32.3 Å². The van der Waals surface area contributed by atoms with Gasteiger partial charge in [0.25, 0.3) is 5.91 Å². The molecule has 0 bridgehead atoms. The summed E-state index contributed by atoms with van der Waals surface area (Å²) in [6, 6.07) is 6.50. The molecule has 0 saturated carbocycles. The van der Waals surface area contributed by atoms with Crippen LogP contribution in [0, 0.1) is 6.92 Å². The first kappa shape index (κ1) is 16.5. The molecular weight excluding hydrogens is 328 g/mol. The first-order valence-electron chi connectivity index (χ1n) is 7.80. The highest BCUT2D eigenvalue weighted by atomic mass is 79.9. The minimum Gasteiger partial charge on any atom is -0.335 e. The smallest absolute Gasteiger partial charge is 0.255 e. The zero-order chi connectivity index (χ0) is 15.4. The Morgan fingerprint density at radius 2 is 2.19 bits per heavy atom. The average Bonchev–Trinajstić information content (AvgIpc) is 2.48. The monoisotopic (exact) mass is 352 g/mol. The van der Waals surface area contributed by atoms with Gasteiger partial charge in [-0.1, -0.05) is 18.6 Å². The van der Waals surface area contributed by atoms with Gasteiger partial charge in [0, 0.05) is 23.1 Å². The molecule has 1 saturated heterocycles. The van der Waals surface area contributed by atoms with Gasteiger partial charge in [0.2, 0.25) is 0 Å². The van der Waals surface area contributed by atoms with Crippen molar-refractivity contribution in [3.05, 3.63) is 33.8 Å². The zero-order valence-corrected chi connectivity index (χ0v) is 14.7. The van der Waals surface area contributed by atoms with Gasteiger partial charge in [0.15, 0.2) is 0 Å². The maximum absolute atomic E-state index is 12.9. The second-order valence-corrected chi connectivity index (χ2v) is 6.93. The first-order chi connectivity index (χ1) is 10.0. The predicted molar refractivity (Wildman–Crippen MR) is 90.7 cm³/mol. The van der Waals surface area contributed by atoms with Gasteiger partial charge in [-0.3, -0.25) is 4.79 Å². The van der Waals surface area contributed by atoms with Gasteiger partial charge in [0.05, 0.1) is 5.56 Å². The van der Waals surface area contributed by atoms with E-state index in [0.717, 1.165) is 35.1 Å². The van der Waals surface area contributed by atoms with E-state index in [2.05, 4.69) is 35.1 Å². The number of hydrogen-bond donors (Lipinski definition) is 1. The van der Waals surface area contributed by atoms with Crippen LogP contribution in [0.4, 0.5) is 0 Å². The van der Waals surface area contributed by atoms with E-state index in [4.69, 9.17) is 0 Å². The van der Waals surface area contributed by atoms with Crippen LogP contribution in [0.3, 0.4) is 0 Å². The van der Waals surface area contributed by atoms with E-state index in [1.165, 1.54) is 12.8 Å². The van der Waals surface area contributed by atoms with Gasteiger partial charge in [-0.2, -0.15) is 0 Å². The minimum atomic E-state index is 0.118. The van der Waals surface area contributed by atoms with E-state index in [9.17, 15) is 4.79 Å². The molecule has 3 nitrogen and oxygen atoms in total. The third-order valence-electron chi connectivity index (χ3n) is 4.14. The molecule has 1 aliphatic rings. The molecule has 4 heteroatoms. The summed E-state index contributed by atoms with van der Waals surface area (Å²) in [4.78, 5) is 14.9. The van der Waals surface area contributed by atoms with Crippen molar-refractivity contribution in [1.29, 1.82) is 0 Å². The van der Waals surface area contributed by atoms with E-state index in [-0.39, 0.29) is 11.9 Å². The fraction of sp³-hybridized carbons (Fsp3) is 0.588. The van der Waals surface area contributed by atoms with Crippen molar-refractivity contribution >= 4 is 21.8 Å². The fourth-order valence-corrected chi connectivity index (χ4v) is 3.25. The number of nitrogens with one attached hydrogen (secondary N) is 1. The molecule has 1 aliphatic heterocycles. The van der Waals surface area contributed by atoms with Crippen LogP contribution in [-0.4, -0.2) is 36.0 Å². The van der Waals surface area contributed by atoms with E-state index in [1.54, 1.807) is 0 Å². The summed E-state index contributed by atoms with van der Waals surface area (Å²) in [5.41, 5.74) is 1.86. The summed E-state index contributed by atoms with van der Waals surface area (Å²) in [6.45, 7) is 8.05. The Bertz CT molecular complexity index is 496. The van der Waals surface area contributed by atoms with Crippen molar-refractivity contribution in [1.82, 2.24) is 10.2 Å². The lowest BCUT2D eigenvalue weighted by molar-refractivity contribution is 0.0675. The molecule has 0 spiro atoms. The second kappa shape index (κ2) is 7.41. The van der Waals surface area contributed by atoms with Crippen LogP contribution < -0.4 is 5.32 Å². The Morgan fingerprint density at radius 3 is 2.81 bits per heavy atom. The molecule has 2 rings (SSSR count). The molecular formula is C17H25BrN2O. The third kappa shape index (κ3) is 4.07. The van der Waals surface area contributed by atoms with Gasteiger partial charge in [0.1, 0.15) is 0 Å². The largest absolute Gasteiger partial charge is 0.335 e. The van der Waals surface area contributed by atoms with E-state index >= 15 is 0 Å². The quantitative estimate of drug-likeness (QED) is 0.894. The van der Waals surface area contributed by atoms with E-state index in [0.29, 0.717) is 6.04 Å². The molecule has 1 N–H and O–H groups in total. The minimum absolute atomic E-state index is 0.118. The van der Waals surface area contributed by atoms with Crippen molar-refractivity contribution in [2.75, 3.05) is 13.1 Å². The number of hydrogen-bond acceptors (Lipinski definition) is 2. The van der Waals surface area contributed by atoms with Crippen LogP contribution in [0.1, 0.15) is 49.0 Å². The zero-order valence-electron chi connectivity index (χ0n) is 13.2. The molecule has 1 heterocycles. The maximum Gasteiger partial charge on any atom is 0.255 e. The lowest BCUT2D eigenvalue weighted by atomic mass is 10.0. The van der Waals surface area contributed by atoms with E-state index < -0.39 is 0 Å². The van der Waals surface area contributed by atoms with Crippen LogP contribution in [0.2, 0.25) is 0 Å². The van der Waals surface area contributed by atoms with Crippen LogP contribution in [-0.2, 0) is 0 Å². The Labute approximate surface area is 136 Å². The second-order valence-electron chi connectivity index (χ2n) is 6.13. The molecule has 21 heavy (non-hydrogen) atoms. The highest BCUT2D eigenvalue weighted by Gasteiger charge is 2.25. The number of halogens is 1. The highest BCUT2D eigenvalue weighted by molar-refractivity contribution is 9.10. The number of aryl methyl sites for hydroxylation is 1. The van der Waals surface area contributed by atoms with Gasteiger partial charge in [-0.15, -0.1) is 0 Å². The maximum atomic E-state index is 12.9. The van der Waals surface area contributed by atoms with Crippen molar-refractivity contribution in [3.8, 4) is 0 Å². The lowest BCUT2D eigenvalue weighted by Crippen LogP contribution is -2.48. The molecule has 1 atom stereocenters. The van der Waals surface area contributed by atoms with Gasteiger partial charge < -0.3 is 10.2 Å². The number of carbonyl (C=O) groups is 1. The first-order valence-corrected chi connectivity index (χ1v) is 8.59. The number of rotatable bonds is 4. The molecule has 1 aromatic rings. The number of carbonyl (C=O) groups excluding carboxylic acids is 1. The van der Waals surface area contributed by atoms with Gasteiger partial charge in [-0.05, 0) is 67.7 Å². The summed E-state index contributed by atoms with van der Waals surface area (Å²) in [5.74, 6) is 0.118. The Balaban J connectivity index is 2.17. The normalized spacial score (nSPS) is 18.8. The summed E-state index contributed by atoms with van der Waals surface area (Å²) in [5, 5.41) is 3.53. The van der Waals surface area contributed by atoms with Crippen molar-refractivity contribution < 1.29 is 4.79 Å². The summed E-state index contributed by atoms with van der Waals surface area (Å²) >= 11 is 3.56. The molecule has 0 radical (unpaired) electrons. The molecule has 116 valence electrons. The Kier molecular flexibility index (Phi) is 5.82. The molecule has 1 unspecified atom stereocenters. The molecule has 1 aromatic carbocycles. The average molecular weight is 353 g/mol. The third-order valence-corrected chi connectivity index (χ3v) is 5.19. The Hall–Kier alpha value is -0.870. The lowest BCUT2D eigenvalue weighted by Gasteiger charge is -2.33. The number of amides is 1.